The molecule has 8 heterocycles. The zero-order chi connectivity index (χ0) is 67.7. The van der Waals surface area contributed by atoms with Gasteiger partial charge in [-0.2, -0.15) is 0 Å². The fourth-order valence-corrected chi connectivity index (χ4v) is 15.8. The molecule has 33 nitrogen and oxygen atoms in total. The molecule has 5 aromatic heterocycles. The third kappa shape index (κ3) is 20.6. The molecule has 3 aliphatic rings. The molecule has 3 fully saturated rings. The predicted molar refractivity (Wildman–Crippen MR) is 338 cm³/mol. The minimum Gasteiger partial charge on any atom is -0.870 e. The number of aryl methyl sites for hydroxylation is 2. The van der Waals surface area contributed by atoms with Crippen LogP contribution in [0.1, 0.15) is 93.3 Å². The number of halogens is 6. The summed E-state index contributed by atoms with van der Waals surface area (Å²) in [4.78, 5) is 34.0. The van der Waals surface area contributed by atoms with E-state index in [0.29, 0.717) is 118 Å². The normalized spacial score (nSPS) is 14.6. The summed E-state index contributed by atoms with van der Waals surface area (Å²) in [5, 5.41) is 52.6. The van der Waals surface area contributed by atoms with Crippen LogP contribution in [0.25, 0.3) is 34.4 Å². The van der Waals surface area contributed by atoms with Gasteiger partial charge in [0.15, 0.2) is 16.5 Å². The largest absolute Gasteiger partial charge is 1.00 e. The van der Waals surface area contributed by atoms with Crippen LogP contribution in [0.15, 0.2) is 106 Å². The monoisotopic (exact) mass is 1610 g/mol. The van der Waals surface area contributed by atoms with Gasteiger partial charge in [-0.1, -0.05) is 31.8 Å². The molecule has 0 spiro atoms. The van der Waals surface area contributed by atoms with Crippen molar-refractivity contribution in [3.8, 4) is 34.4 Å². The maximum atomic E-state index is 13.6. The Morgan fingerprint density at radius 1 is 0.573 bits per heavy atom. The van der Waals surface area contributed by atoms with Crippen molar-refractivity contribution >= 4 is 89.4 Å². The molecule has 43 heteroatoms. The molecule has 96 heavy (non-hydrogen) atoms. The number of hydrogen-bond acceptors (Lipinski definition) is 27. The molecule has 3 saturated heterocycles. The Morgan fingerprint density at radius 2 is 0.979 bits per heavy atom. The summed E-state index contributed by atoms with van der Waals surface area (Å²) in [7, 11) is -9.42. The van der Waals surface area contributed by atoms with E-state index >= 15 is 0 Å². The van der Waals surface area contributed by atoms with E-state index in [2.05, 4.69) is 103 Å². The first-order valence-electron chi connectivity index (χ1n) is 28.9. The van der Waals surface area contributed by atoms with Gasteiger partial charge < -0.3 is 26.5 Å². The summed E-state index contributed by atoms with van der Waals surface area (Å²) in [6.07, 6.45) is 9.28. The Morgan fingerprint density at radius 3 is 1.43 bits per heavy atom. The van der Waals surface area contributed by atoms with Crippen LogP contribution in [0.2, 0.25) is 0 Å². The second-order valence-electron chi connectivity index (χ2n) is 21.0. The van der Waals surface area contributed by atoms with E-state index in [0.717, 1.165) is 59.3 Å². The molecule has 0 atom stereocenters. The summed E-state index contributed by atoms with van der Waals surface area (Å²) < 4.78 is 143. The average molecular weight is 1610 g/mol. The molecule has 8 aromatic rings. The molecule has 11 rings (SSSR count). The summed E-state index contributed by atoms with van der Waals surface area (Å²) >= 11 is 9.18. The van der Waals surface area contributed by atoms with Crippen molar-refractivity contribution in [2.24, 2.45) is 10.9 Å². The molecule has 0 amide bonds. The van der Waals surface area contributed by atoms with E-state index in [-0.39, 0.29) is 102 Å². The molecule has 0 bridgehead atoms. The first-order valence-corrected chi connectivity index (χ1v) is 36.1. The zero-order valence-electron chi connectivity index (χ0n) is 51.0. The van der Waals surface area contributed by atoms with Crippen molar-refractivity contribution in [3.05, 3.63) is 139 Å². The van der Waals surface area contributed by atoms with Crippen molar-refractivity contribution in [2.75, 3.05) is 63.1 Å². The second kappa shape index (κ2) is 36.5. The quantitative estimate of drug-likeness (QED) is 0.0216. The van der Waals surface area contributed by atoms with Crippen LogP contribution >= 0.6 is 47.8 Å². The van der Waals surface area contributed by atoms with Crippen LogP contribution in [-0.2, 0) is 49.3 Å². The molecule has 0 unspecified atom stereocenters. The van der Waals surface area contributed by atoms with Crippen LogP contribution < -0.4 is 46.8 Å². The van der Waals surface area contributed by atoms with E-state index in [1.807, 2.05) is 0 Å². The smallest absolute Gasteiger partial charge is 0.870 e. The molecular weight excluding hydrogens is 1550 g/mol. The molecule has 0 radical (unpaired) electrons. The van der Waals surface area contributed by atoms with Gasteiger partial charge in [-0.25, -0.2) is 79.3 Å². The van der Waals surface area contributed by atoms with Gasteiger partial charge in [0, 0.05) is 45.7 Å². The number of hydrogen-bond donors (Lipinski definition) is 2. The first-order chi connectivity index (χ1) is 44.9. The number of nitrogens with zero attached hydrogens (tertiary/aromatic N) is 15. The third-order valence-electron chi connectivity index (χ3n) is 14.6. The summed E-state index contributed by atoms with van der Waals surface area (Å²) in [6.45, 7) is 4.24. The van der Waals surface area contributed by atoms with Crippen molar-refractivity contribution in [3.63, 3.8) is 0 Å². The Balaban J connectivity index is 0.000000210. The van der Waals surface area contributed by atoms with Crippen molar-refractivity contribution in [2.45, 2.75) is 89.9 Å². The number of aromatic nitrogens is 10. The van der Waals surface area contributed by atoms with E-state index in [1.165, 1.54) is 40.7 Å². The van der Waals surface area contributed by atoms with Gasteiger partial charge in [0.25, 0.3) is 5.69 Å². The van der Waals surface area contributed by atoms with E-state index < -0.39 is 69.7 Å². The number of unbranched alkanes of at least 4 members (excludes halogenated alkanes) is 2. The number of rotatable bonds is 24. The zero-order valence-corrected chi connectivity index (χ0v) is 60.2. The first kappa shape index (κ1) is 78.7. The number of nitro groups is 1. The maximum Gasteiger partial charge on any atom is 1.00 e. The van der Waals surface area contributed by atoms with Gasteiger partial charge in [0.1, 0.15) is 34.6 Å². The fraction of sp³-hybridized carbons (Fsp3) is 0.453. The standard InChI is InChI=1S/C18H19BrFN5O5S.C18H22BrFN4O4S.C10H3BrFN5O5.C7H16N2O2S.Na.H2O/c19-13-11-12(6-7-14(13)20)25-17(23-29-18(25)26)16-15(21-30-22-16)5-1-4-10-31(27,28)24-8-2-3-9-24;19-14-11-13(6-7-15(14)20)12-17(21-25)18-16(22-28-23-18)5-1-4-10-29(26,27)24-8-2-3-9-24;11-5-3-4(1-2-6(5)12)16-8(14-21-10(16)18)7-9(17(19)20)15-22-13-7;8-4-3-7-12(10,11)9-5-1-2-6-9;;/h6-7,11H,1-5,8-10H2;6-7,11,25H,1-5,8-10,12H2;1-3H;1-8H2;;1H2/q;;;;+1;/p-1/b;21-17+;;;;. The molecular formula is C53H61Br3F3N16NaO17S3. The van der Waals surface area contributed by atoms with Gasteiger partial charge in [-0.3, -0.25) is 9.05 Å². The van der Waals surface area contributed by atoms with E-state index in [9.17, 15) is 63.3 Å². The molecule has 3 aliphatic heterocycles. The molecule has 516 valence electrons. The van der Waals surface area contributed by atoms with Crippen LogP contribution in [-0.4, -0.2) is 173 Å². The summed E-state index contributed by atoms with van der Waals surface area (Å²) in [6, 6.07) is 12.1. The van der Waals surface area contributed by atoms with Crippen LogP contribution in [0.5, 0.6) is 0 Å². The number of oxime groups is 1. The number of sulfonamides is 3. The van der Waals surface area contributed by atoms with Crippen LogP contribution in [0.3, 0.4) is 0 Å². The SMILES string of the molecule is NCCCS(=O)(=O)N1CCCC1.O=S(=O)(CCCCc1nonc1/C(Cc1ccc(F)c(Br)c1)=N/O)N1CCCC1.O=c1onc(-c2nonc2CCCCS(=O)(=O)N2CCCC2)n1-c1ccc(F)c(Br)c1.O=c1onc(-c2nonc2[N+](=O)[O-])n1-c1ccc(F)c(Br)c1.[Na+].[OH-]. The Labute approximate surface area is 592 Å². The average Bonchev–Trinajstić information content (AvgIpc) is 1.64. The van der Waals surface area contributed by atoms with Crippen LogP contribution in [0, 0.1) is 27.6 Å². The second-order valence-corrected chi connectivity index (χ2v) is 29.8. The van der Waals surface area contributed by atoms with Gasteiger partial charge in [0.05, 0.1) is 42.1 Å². The van der Waals surface area contributed by atoms with Gasteiger partial charge >= 0.3 is 46.9 Å². The summed E-state index contributed by atoms with van der Waals surface area (Å²) in [5.41, 5.74) is 7.73. The Kier molecular flexibility index (Phi) is 29.9. The van der Waals surface area contributed by atoms with Gasteiger partial charge in [0.2, 0.25) is 41.7 Å². The third-order valence-corrected chi connectivity index (χ3v) is 22.3. The van der Waals surface area contributed by atoms with Gasteiger partial charge in [-0.05, 0) is 212 Å². The predicted octanol–water partition coefficient (Wildman–Crippen LogP) is 3.94. The van der Waals surface area contributed by atoms with Crippen LogP contribution in [0.4, 0.5) is 19.0 Å². The Hall–Kier alpha value is -6.29. The van der Waals surface area contributed by atoms with E-state index in [1.54, 1.807) is 20.7 Å². The fourth-order valence-electron chi connectivity index (χ4n) is 9.79. The number of nitrogens with two attached hydrogens (primary N) is 1. The molecule has 3 aromatic carbocycles. The van der Waals surface area contributed by atoms with Crippen molar-refractivity contribution < 1.29 is 107 Å². The number of benzene rings is 3. The van der Waals surface area contributed by atoms with Gasteiger partial charge in [-0.15, -0.1) is 4.63 Å². The Bertz CT molecular complexity index is 4410. The maximum absolute atomic E-state index is 13.6. The molecule has 4 N–H and O–H groups in total. The topological polar surface area (TPSA) is 457 Å². The van der Waals surface area contributed by atoms with Crippen molar-refractivity contribution in [1.29, 1.82) is 0 Å². The molecule has 0 aliphatic carbocycles. The minimum atomic E-state index is -3.24. The minimum absolute atomic E-state index is 0. The van der Waals surface area contributed by atoms with Crippen molar-refractivity contribution in [1.82, 2.24) is 63.3 Å². The van der Waals surface area contributed by atoms with E-state index in [4.69, 9.17) is 19.5 Å². The molecule has 0 saturated carbocycles. The summed E-state index contributed by atoms with van der Waals surface area (Å²) in [5.74, 6) is -3.74.